The van der Waals surface area contributed by atoms with Crippen LogP contribution in [0.4, 0.5) is 0 Å². The minimum atomic E-state index is -0.0518. The van der Waals surface area contributed by atoms with Gasteiger partial charge in [0.2, 0.25) is 0 Å². The Balaban J connectivity index is 1.83. The molecule has 23 heavy (non-hydrogen) atoms. The first kappa shape index (κ1) is 18.5. The number of rotatable bonds is 4. The van der Waals surface area contributed by atoms with Crippen LogP contribution >= 0.6 is 0 Å². The van der Waals surface area contributed by atoms with Crippen molar-refractivity contribution in [3.8, 4) is 0 Å². The summed E-state index contributed by atoms with van der Waals surface area (Å²) in [4.78, 5) is 7.20. The molecular formula is C18H35N3O2. The van der Waals surface area contributed by atoms with Crippen LogP contribution in [0, 0.1) is 0 Å². The molecule has 134 valence electrons. The van der Waals surface area contributed by atoms with Crippen molar-refractivity contribution >= 4 is 5.96 Å². The standard InChI is InChI=1S/C18H35N3O2/c1-5-19-17(20-14-16-8-6-7-13-22-16)21-11-9-15(10-12-21)23-18(2,3)4/h15-16H,5-14H2,1-4H3,(H,19,20). The summed E-state index contributed by atoms with van der Waals surface area (Å²) in [7, 11) is 0. The van der Waals surface area contributed by atoms with Gasteiger partial charge in [-0.2, -0.15) is 0 Å². The highest BCUT2D eigenvalue weighted by Gasteiger charge is 2.25. The molecule has 0 aromatic rings. The molecular weight excluding hydrogens is 290 g/mol. The van der Waals surface area contributed by atoms with E-state index in [1.807, 2.05) is 0 Å². The first-order valence-electron chi connectivity index (χ1n) is 9.30. The molecule has 0 spiro atoms. The molecule has 2 heterocycles. The van der Waals surface area contributed by atoms with Gasteiger partial charge in [-0.15, -0.1) is 0 Å². The number of guanidine groups is 1. The molecule has 1 unspecified atom stereocenters. The van der Waals surface area contributed by atoms with Crippen molar-refractivity contribution in [1.29, 1.82) is 0 Å². The van der Waals surface area contributed by atoms with Crippen LogP contribution in [0.2, 0.25) is 0 Å². The quantitative estimate of drug-likeness (QED) is 0.638. The summed E-state index contributed by atoms with van der Waals surface area (Å²) >= 11 is 0. The van der Waals surface area contributed by atoms with Gasteiger partial charge in [-0.25, -0.2) is 0 Å². The van der Waals surface area contributed by atoms with E-state index in [1.165, 1.54) is 12.8 Å². The fourth-order valence-electron chi connectivity index (χ4n) is 3.25. The number of nitrogens with zero attached hydrogens (tertiary/aromatic N) is 2. The van der Waals surface area contributed by atoms with Crippen LogP contribution in [0.15, 0.2) is 4.99 Å². The number of hydrogen-bond acceptors (Lipinski definition) is 3. The van der Waals surface area contributed by atoms with E-state index in [1.54, 1.807) is 0 Å². The van der Waals surface area contributed by atoms with Gasteiger partial charge in [-0.1, -0.05) is 0 Å². The molecule has 2 aliphatic rings. The highest BCUT2D eigenvalue weighted by molar-refractivity contribution is 5.80. The normalized spacial score (nSPS) is 24.8. The van der Waals surface area contributed by atoms with Crippen molar-refractivity contribution in [2.24, 2.45) is 4.99 Å². The molecule has 2 aliphatic heterocycles. The molecule has 0 radical (unpaired) electrons. The second kappa shape index (κ2) is 8.88. The third kappa shape index (κ3) is 6.68. The van der Waals surface area contributed by atoms with Gasteiger partial charge in [0.25, 0.3) is 0 Å². The van der Waals surface area contributed by atoms with E-state index in [4.69, 9.17) is 14.5 Å². The molecule has 0 amide bonds. The fourth-order valence-corrected chi connectivity index (χ4v) is 3.25. The van der Waals surface area contributed by atoms with Gasteiger partial charge in [0.1, 0.15) is 0 Å². The minimum Gasteiger partial charge on any atom is -0.376 e. The summed E-state index contributed by atoms with van der Waals surface area (Å²) < 4.78 is 11.9. The summed E-state index contributed by atoms with van der Waals surface area (Å²) in [5.74, 6) is 1.04. The van der Waals surface area contributed by atoms with E-state index in [9.17, 15) is 0 Å². The van der Waals surface area contributed by atoms with Crippen molar-refractivity contribution in [3.05, 3.63) is 0 Å². The maximum atomic E-state index is 6.11. The van der Waals surface area contributed by atoms with Gasteiger partial charge in [0, 0.05) is 26.2 Å². The third-order valence-electron chi connectivity index (χ3n) is 4.32. The van der Waals surface area contributed by atoms with Crippen molar-refractivity contribution < 1.29 is 9.47 Å². The van der Waals surface area contributed by atoms with Crippen molar-refractivity contribution in [1.82, 2.24) is 10.2 Å². The van der Waals surface area contributed by atoms with Gasteiger partial charge in [-0.05, 0) is 59.8 Å². The second-order valence-electron chi connectivity index (χ2n) is 7.60. The van der Waals surface area contributed by atoms with Crippen LogP contribution in [0.3, 0.4) is 0 Å². The molecule has 5 nitrogen and oxygen atoms in total. The van der Waals surface area contributed by atoms with Gasteiger partial charge >= 0.3 is 0 Å². The average molecular weight is 325 g/mol. The van der Waals surface area contributed by atoms with Crippen molar-refractivity contribution in [2.75, 3.05) is 32.8 Å². The molecule has 1 atom stereocenters. The van der Waals surface area contributed by atoms with Crippen LogP contribution in [0.5, 0.6) is 0 Å². The van der Waals surface area contributed by atoms with Gasteiger partial charge < -0.3 is 19.7 Å². The minimum absolute atomic E-state index is 0.0518. The monoisotopic (exact) mass is 325 g/mol. The zero-order chi connectivity index (χ0) is 16.7. The lowest BCUT2D eigenvalue weighted by molar-refractivity contribution is -0.0773. The lowest BCUT2D eigenvalue weighted by Crippen LogP contribution is -2.48. The molecule has 1 N–H and O–H groups in total. The molecule has 0 saturated carbocycles. The smallest absolute Gasteiger partial charge is 0.194 e. The largest absolute Gasteiger partial charge is 0.376 e. The average Bonchev–Trinajstić information content (AvgIpc) is 2.52. The Morgan fingerprint density at radius 2 is 1.96 bits per heavy atom. The molecule has 2 rings (SSSR count). The van der Waals surface area contributed by atoms with Crippen LogP contribution < -0.4 is 5.32 Å². The Morgan fingerprint density at radius 1 is 1.22 bits per heavy atom. The molecule has 2 saturated heterocycles. The SMILES string of the molecule is CCNC(=NCC1CCCCO1)N1CCC(OC(C)(C)C)CC1. The van der Waals surface area contributed by atoms with E-state index in [2.05, 4.69) is 37.9 Å². The first-order valence-corrected chi connectivity index (χ1v) is 9.30. The number of aliphatic imine (C=N–C) groups is 1. The van der Waals surface area contributed by atoms with E-state index in [0.29, 0.717) is 12.2 Å². The summed E-state index contributed by atoms with van der Waals surface area (Å²) in [5, 5.41) is 3.43. The Hall–Kier alpha value is -0.810. The van der Waals surface area contributed by atoms with Crippen LogP contribution in [-0.4, -0.2) is 61.5 Å². The maximum absolute atomic E-state index is 6.11. The summed E-state index contributed by atoms with van der Waals surface area (Å²) in [6.07, 6.45) is 6.43. The summed E-state index contributed by atoms with van der Waals surface area (Å²) in [6, 6.07) is 0. The Labute approximate surface area is 141 Å². The van der Waals surface area contributed by atoms with E-state index in [-0.39, 0.29) is 5.60 Å². The Bertz CT molecular complexity index is 365. The lowest BCUT2D eigenvalue weighted by atomic mass is 10.1. The molecule has 5 heteroatoms. The second-order valence-corrected chi connectivity index (χ2v) is 7.60. The Morgan fingerprint density at radius 3 is 2.52 bits per heavy atom. The summed E-state index contributed by atoms with van der Waals surface area (Å²) in [6.45, 7) is 13.1. The molecule has 2 fully saturated rings. The predicted molar refractivity (Wildman–Crippen MR) is 95.0 cm³/mol. The molecule has 0 aliphatic carbocycles. The van der Waals surface area contributed by atoms with Crippen LogP contribution in [0.25, 0.3) is 0 Å². The highest BCUT2D eigenvalue weighted by Crippen LogP contribution is 2.20. The summed E-state index contributed by atoms with van der Waals surface area (Å²) in [5.41, 5.74) is -0.0518. The zero-order valence-corrected chi connectivity index (χ0v) is 15.4. The van der Waals surface area contributed by atoms with Crippen LogP contribution in [-0.2, 0) is 9.47 Å². The predicted octanol–water partition coefficient (Wildman–Crippen LogP) is 2.80. The van der Waals surface area contributed by atoms with E-state index in [0.717, 1.165) is 58.0 Å². The highest BCUT2D eigenvalue weighted by atomic mass is 16.5. The topological polar surface area (TPSA) is 46.1 Å². The number of likely N-dealkylation sites (tertiary alicyclic amines) is 1. The number of ether oxygens (including phenoxy) is 2. The molecule has 0 bridgehead atoms. The zero-order valence-electron chi connectivity index (χ0n) is 15.4. The maximum Gasteiger partial charge on any atom is 0.194 e. The number of hydrogen-bond donors (Lipinski definition) is 1. The third-order valence-corrected chi connectivity index (χ3v) is 4.32. The molecule has 0 aromatic carbocycles. The number of piperidine rings is 1. The van der Waals surface area contributed by atoms with E-state index < -0.39 is 0 Å². The van der Waals surface area contributed by atoms with Crippen molar-refractivity contribution in [2.45, 2.75) is 77.6 Å². The molecule has 0 aromatic heterocycles. The van der Waals surface area contributed by atoms with Gasteiger partial charge in [0.05, 0.1) is 24.4 Å². The van der Waals surface area contributed by atoms with Gasteiger partial charge in [-0.3, -0.25) is 4.99 Å². The lowest BCUT2D eigenvalue weighted by Gasteiger charge is -2.37. The first-order chi connectivity index (χ1) is 11.0. The number of nitrogens with one attached hydrogen (secondary N) is 1. The van der Waals surface area contributed by atoms with Crippen molar-refractivity contribution in [3.63, 3.8) is 0 Å². The van der Waals surface area contributed by atoms with Crippen LogP contribution in [0.1, 0.15) is 59.8 Å². The van der Waals surface area contributed by atoms with E-state index >= 15 is 0 Å². The van der Waals surface area contributed by atoms with Gasteiger partial charge in [0.15, 0.2) is 5.96 Å². The fraction of sp³-hybridized carbons (Fsp3) is 0.944. The Kier molecular flexibility index (Phi) is 7.15.